The number of nitrogens with zero attached hydrogens (tertiary/aromatic N) is 6. The summed E-state index contributed by atoms with van der Waals surface area (Å²) in [5, 5.41) is 16.5. The Morgan fingerprint density at radius 3 is 2.94 bits per heavy atom. The number of nitrogens with one attached hydrogen (secondary N) is 1. The van der Waals surface area contributed by atoms with Crippen molar-refractivity contribution in [3.05, 3.63) is 78.5 Å². The summed E-state index contributed by atoms with van der Waals surface area (Å²) in [5.74, 6) is 0.643. The highest BCUT2D eigenvalue weighted by molar-refractivity contribution is 6.06. The van der Waals surface area contributed by atoms with Crippen LogP contribution in [0.1, 0.15) is 43.4 Å². The molecule has 1 aliphatic carbocycles. The van der Waals surface area contributed by atoms with Gasteiger partial charge in [0.05, 0.1) is 24.2 Å². The van der Waals surface area contributed by atoms with E-state index in [-0.39, 0.29) is 11.6 Å². The molecule has 1 amide bonds. The molecule has 0 aliphatic heterocycles. The van der Waals surface area contributed by atoms with Crippen molar-refractivity contribution in [2.24, 2.45) is 12.0 Å². The van der Waals surface area contributed by atoms with Gasteiger partial charge < -0.3 is 5.32 Å². The molecule has 0 atom stereocenters. The fraction of sp³-hybridized carbons (Fsp3) is 0.231. The number of anilines is 1. The zero-order valence-electron chi connectivity index (χ0n) is 19.3. The molecular formula is C26H26N7O+. The highest BCUT2D eigenvalue weighted by Crippen LogP contribution is 2.31. The predicted octanol–water partition coefficient (Wildman–Crippen LogP) is 3.99. The largest absolute Gasteiger partial charge is 0.321 e. The average Bonchev–Trinajstić information content (AvgIpc) is 3.62. The lowest BCUT2D eigenvalue weighted by molar-refractivity contribution is -0.690. The third-order valence-corrected chi connectivity index (χ3v) is 5.41. The van der Waals surface area contributed by atoms with Gasteiger partial charge >= 0.3 is 0 Å². The van der Waals surface area contributed by atoms with Crippen LogP contribution in [0.25, 0.3) is 17.0 Å². The number of allylic oxidation sites excluding steroid dienone is 2. The molecule has 2 aromatic heterocycles. The third-order valence-electron chi connectivity index (χ3n) is 5.41. The molecule has 0 radical (unpaired) electrons. The molecule has 2 heterocycles. The monoisotopic (exact) mass is 452 g/mol. The maximum atomic E-state index is 13.1. The number of aromatic nitrogens is 4. The Balaban J connectivity index is 1.59. The lowest BCUT2D eigenvalue weighted by atomic mass is 10.1. The van der Waals surface area contributed by atoms with Crippen molar-refractivity contribution >= 4 is 23.4 Å². The van der Waals surface area contributed by atoms with E-state index in [0.717, 1.165) is 24.2 Å². The van der Waals surface area contributed by atoms with E-state index in [1.807, 2.05) is 49.2 Å². The van der Waals surface area contributed by atoms with E-state index in [0.29, 0.717) is 34.9 Å². The molecule has 1 saturated carbocycles. The first-order valence-electron chi connectivity index (χ1n) is 11.1. The molecule has 0 saturated heterocycles. The van der Waals surface area contributed by atoms with Crippen LogP contribution >= 0.6 is 0 Å². The number of rotatable bonds is 8. The topological polar surface area (TPSA) is 99.8 Å². The molecule has 1 aromatic carbocycles. The molecule has 8 nitrogen and oxygen atoms in total. The fourth-order valence-corrected chi connectivity index (χ4v) is 3.57. The number of hydrogen-bond donors (Lipinski definition) is 1. The number of amides is 1. The Kier molecular flexibility index (Phi) is 6.74. The Morgan fingerprint density at radius 2 is 2.21 bits per heavy atom. The van der Waals surface area contributed by atoms with Gasteiger partial charge in [-0.2, -0.15) is 5.26 Å². The van der Waals surface area contributed by atoms with Crippen LogP contribution in [0.2, 0.25) is 0 Å². The maximum Gasteiger partial charge on any atom is 0.274 e. The van der Waals surface area contributed by atoms with Crippen LogP contribution in [-0.2, 0) is 11.8 Å². The van der Waals surface area contributed by atoms with Crippen molar-refractivity contribution in [3.8, 4) is 17.5 Å². The SMILES string of the molecule is C=C(C=C(N=CCC)C(=O)Nc1cccc(-c2n(C)nc[n+]2C2CC2)c1)c1cncc(C#N)c1. The van der Waals surface area contributed by atoms with Crippen LogP contribution in [0.5, 0.6) is 0 Å². The normalized spacial score (nSPS) is 13.6. The minimum atomic E-state index is -0.354. The van der Waals surface area contributed by atoms with Crippen LogP contribution in [0.3, 0.4) is 0 Å². The highest BCUT2D eigenvalue weighted by Gasteiger charge is 2.32. The van der Waals surface area contributed by atoms with Gasteiger partial charge in [-0.15, -0.1) is 4.68 Å². The molecule has 1 aliphatic rings. The number of pyridine rings is 1. The van der Waals surface area contributed by atoms with Crippen molar-refractivity contribution in [2.45, 2.75) is 32.2 Å². The van der Waals surface area contributed by atoms with Gasteiger partial charge in [0.2, 0.25) is 0 Å². The lowest BCUT2D eigenvalue weighted by Gasteiger charge is -2.09. The van der Waals surface area contributed by atoms with E-state index in [4.69, 9.17) is 5.26 Å². The number of carbonyl (C=O) groups is 1. The van der Waals surface area contributed by atoms with Gasteiger partial charge in [-0.25, -0.2) is 4.57 Å². The number of aryl methyl sites for hydroxylation is 1. The summed E-state index contributed by atoms with van der Waals surface area (Å²) in [6.45, 7) is 5.98. The van der Waals surface area contributed by atoms with Crippen LogP contribution in [0, 0.1) is 11.3 Å². The first-order chi connectivity index (χ1) is 16.5. The first kappa shape index (κ1) is 22.8. The van der Waals surface area contributed by atoms with E-state index in [2.05, 4.69) is 37.6 Å². The molecule has 8 heteroatoms. The van der Waals surface area contributed by atoms with E-state index in [1.54, 1.807) is 24.6 Å². The Bertz CT molecular complexity index is 1340. The van der Waals surface area contributed by atoms with Crippen LogP contribution in [0.4, 0.5) is 5.69 Å². The van der Waals surface area contributed by atoms with Gasteiger partial charge in [0, 0.05) is 35.0 Å². The molecule has 4 rings (SSSR count). The van der Waals surface area contributed by atoms with E-state index < -0.39 is 0 Å². The number of aliphatic imine (C=N–C) groups is 1. The molecule has 0 bridgehead atoms. The summed E-state index contributed by atoms with van der Waals surface area (Å²) >= 11 is 0. The molecule has 1 N–H and O–H groups in total. The predicted molar refractivity (Wildman–Crippen MR) is 131 cm³/mol. The minimum absolute atomic E-state index is 0.216. The molecule has 34 heavy (non-hydrogen) atoms. The summed E-state index contributed by atoms with van der Waals surface area (Å²) in [7, 11) is 1.92. The molecule has 0 spiro atoms. The first-order valence-corrected chi connectivity index (χ1v) is 11.1. The summed E-state index contributed by atoms with van der Waals surface area (Å²) in [4.78, 5) is 21.5. The Hall–Kier alpha value is -4.38. The highest BCUT2D eigenvalue weighted by atomic mass is 16.2. The van der Waals surface area contributed by atoms with Crippen LogP contribution < -0.4 is 9.88 Å². The number of benzene rings is 1. The molecule has 170 valence electrons. The van der Waals surface area contributed by atoms with Crippen LogP contribution in [0.15, 0.2) is 72.4 Å². The summed E-state index contributed by atoms with van der Waals surface area (Å²) in [5.41, 5.74) is 3.45. The van der Waals surface area contributed by atoms with Gasteiger partial charge in [0.1, 0.15) is 11.8 Å². The summed E-state index contributed by atoms with van der Waals surface area (Å²) in [6, 6.07) is 11.9. The number of carbonyl (C=O) groups excluding carboxylic acids is 1. The van der Waals surface area contributed by atoms with Gasteiger partial charge in [0.15, 0.2) is 0 Å². The molecule has 0 unspecified atom stereocenters. The number of hydrogen-bond acceptors (Lipinski definition) is 5. The zero-order valence-corrected chi connectivity index (χ0v) is 19.3. The standard InChI is InChI=1S/C26H25N7O/c1-4-10-29-24(11-18(2)21-12-19(14-27)15-28-16-21)25(34)31-22-7-5-6-20(13-22)26-32(3)30-17-33(26)23-8-9-23/h5-7,10-13,15-17,23H,2,4,8-9H2,1,3H3/p+1. The van der Waals surface area contributed by atoms with Crippen molar-refractivity contribution in [2.75, 3.05) is 5.32 Å². The van der Waals surface area contributed by atoms with Gasteiger partial charge in [-0.1, -0.05) is 19.6 Å². The van der Waals surface area contributed by atoms with Crippen molar-refractivity contribution in [1.82, 2.24) is 14.8 Å². The molecule has 1 fully saturated rings. The Morgan fingerprint density at radius 1 is 1.38 bits per heavy atom. The number of nitriles is 1. The molecular weight excluding hydrogens is 426 g/mol. The van der Waals surface area contributed by atoms with Crippen LogP contribution in [-0.4, -0.2) is 26.9 Å². The van der Waals surface area contributed by atoms with Gasteiger partial charge in [0.25, 0.3) is 18.1 Å². The average molecular weight is 453 g/mol. The third kappa shape index (κ3) is 5.15. The second-order valence-electron chi connectivity index (χ2n) is 8.10. The zero-order chi connectivity index (χ0) is 24.1. The van der Waals surface area contributed by atoms with Gasteiger partial charge in [-0.3, -0.25) is 14.8 Å². The van der Waals surface area contributed by atoms with Crippen molar-refractivity contribution < 1.29 is 9.36 Å². The van der Waals surface area contributed by atoms with Gasteiger partial charge in [-0.05, 0) is 55.2 Å². The van der Waals surface area contributed by atoms with E-state index >= 15 is 0 Å². The van der Waals surface area contributed by atoms with Crippen molar-refractivity contribution in [3.63, 3.8) is 0 Å². The summed E-state index contributed by atoms with van der Waals surface area (Å²) in [6.07, 6.45) is 11.2. The maximum absolute atomic E-state index is 13.1. The summed E-state index contributed by atoms with van der Waals surface area (Å²) < 4.78 is 4.04. The van der Waals surface area contributed by atoms with E-state index in [1.165, 1.54) is 6.20 Å². The fourth-order valence-electron chi connectivity index (χ4n) is 3.57. The minimum Gasteiger partial charge on any atom is -0.321 e. The second-order valence-corrected chi connectivity index (χ2v) is 8.10. The quantitative estimate of drug-likeness (QED) is 0.242. The Labute approximate surface area is 198 Å². The smallest absolute Gasteiger partial charge is 0.274 e. The van der Waals surface area contributed by atoms with E-state index in [9.17, 15) is 4.79 Å². The van der Waals surface area contributed by atoms with Crippen molar-refractivity contribution in [1.29, 1.82) is 5.26 Å². The molecule has 3 aromatic rings. The second kappa shape index (κ2) is 10.0. The lowest BCUT2D eigenvalue weighted by Crippen LogP contribution is -2.33.